The standard InChI is InChI=1S/C12H17ClN2O2S2/c1-8-11(14)5-9(13)6-12(8)19(16,17)15(2)10-3-4-18-7-10/h5-6,10H,3-4,7,14H2,1-2H3. The minimum Gasteiger partial charge on any atom is -0.398 e. The van der Waals surface area contributed by atoms with Crippen molar-refractivity contribution in [1.82, 2.24) is 4.31 Å². The number of nitrogen functional groups attached to an aromatic ring is 1. The number of halogens is 1. The number of rotatable bonds is 3. The maximum atomic E-state index is 12.6. The summed E-state index contributed by atoms with van der Waals surface area (Å²) in [6, 6.07) is 3.09. The largest absolute Gasteiger partial charge is 0.398 e. The van der Waals surface area contributed by atoms with Crippen LogP contribution in [0.3, 0.4) is 0 Å². The summed E-state index contributed by atoms with van der Waals surface area (Å²) in [4.78, 5) is 0.205. The van der Waals surface area contributed by atoms with Crippen LogP contribution in [-0.2, 0) is 10.0 Å². The highest BCUT2D eigenvalue weighted by Gasteiger charge is 2.31. The van der Waals surface area contributed by atoms with E-state index in [9.17, 15) is 8.42 Å². The van der Waals surface area contributed by atoms with E-state index >= 15 is 0 Å². The van der Waals surface area contributed by atoms with E-state index in [0.29, 0.717) is 16.3 Å². The second-order valence-electron chi connectivity index (χ2n) is 4.66. The van der Waals surface area contributed by atoms with Crippen LogP contribution in [0, 0.1) is 6.92 Å². The van der Waals surface area contributed by atoms with Gasteiger partial charge in [0.25, 0.3) is 0 Å². The summed E-state index contributed by atoms with van der Waals surface area (Å²) in [6.45, 7) is 1.70. The predicted molar refractivity (Wildman–Crippen MR) is 81.3 cm³/mol. The molecule has 19 heavy (non-hydrogen) atoms. The third kappa shape index (κ3) is 2.86. The van der Waals surface area contributed by atoms with Crippen molar-refractivity contribution in [2.24, 2.45) is 0 Å². The van der Waals surface area contributed by atoms with Gasteiger partial charge in [0.2, 0.25) is 10.0 Å². The molecule has 1 fully saturated rings. The van der Waals surface area contributed by atoms with Crippen LogP contribution in [0.4, 0.5) is 5.69 Å². The molecule has 0 spiro atoms. The molecule has 0 aliphatic carbocycles. The Bertz CT molecular complexity index is 584. The molecule has 0 radical (unpaired) electrons. The second kappa shape index (κ2) is 5.52. The number of hydrogen-bond acceptors (Lipinski definition) is 4. The quantitative estimate of drug-likeness (QED) is 0.868. The van der Waals surface area contributed by atoms with Crippen molar-refractivity contribution in [3.8, 4) is 0 Å². The van der Waals surface area contributed by atoms with Gasteiger partial charge in [-0.15, -0.1) is 0 Å². The number of sulfonamides is 1. The first-order valence-electron chi connectivity index (χ1n) is 5.95. The van der Waals surface area contributed by atoms with Crippen molar-refractivity contribution in [3.63, 3.8) is 0 Å². The molecule has 1 saturated heterocycles. The average Bonchev–Trinajstić information content (AvgIpc) is 2.86. The molecule has 1 aliphatic rings. The third-order valence-corrected chi connectivity index (χ3v) is 6.84. The van der Waals surface area contributed by atoms with E-state index in [1.165, 1.54) is 10.4 Å². The van der Waals surface area contributed by atoms with Crippen LogP contribution in [-0.4, -0.2) is 37.3 Å². The van der Waals surface area contributed by atoms with Gasteiger partial charge in [0.05, 0.1) is 4.90 Å². The first kappa shape index (κ1) is 15.0. The minimum absolute atomic E-state index is 0.0506. The minimum atomic E-state index is -3.54. The second-order valence-corrected chi connectivity index (χ2v) is 8.21. The Hall–Kier alpha value is -0.430. The molecule has 0 bridgehead atoms. The molecular formula is C12H17ClN2O2S2. The van der Waals surface area contributed by atoms with Gasteiger partial charge >= 0.3 is 0 Å². The zero-order chi connectivity index (χ0) is 14.2. The smallest absolute Gasteiger partial charge is 0.243 e. The van der Waals surface area contributed by atoms with E-state index < -0.39 is 10.0 Å². The Labute approximate surface area is 123 Å². The predicted octanol–water partition coefficient (Wildman–Crippen LogP) is 2.36. The van der Waals surface area contributed by atoms with Gasteiger partial charge in [-0.25, -0.2) is 8.42 Å². The van der Waals surface area contributed by atoms with Gasteiger partial charge in [0.15, 0.2) is 0 Å². The molecule has 0 saturated carbocycles. The number of anilines is 1. The zero-order valence-corrected chi connectivity index (χ0v) is 13.3. The van der Waals surface area contributed by atoms with Gasteiger partial charge in [-0.1, -0.05) is 11.6 Å². The van der Waals surface area contributed by atoms with Crippen LogP contribution in [0.5, 0.6) is 0 Å². The molecule has 1 aliphatic heterocycles. The molecule has 2 rings (SSSR count). The van der Waals surface area contributed by atoms with Crippen LogP contribution >= 0.6 is 23.4 Å². The summed E-state index contributed by atoms with van der Waals surface area (Å²) >= 11 is 7.70. The Morgan fingerprint density at radius 1 is 1.47 bits per heavy atom. The molecule has 1 aromatic carbocycles. The van der Waals surface area contributed by atoms with Crippen molar-refractivity contribution in [3.05, 3.63) is 22.7 Å². The van der Waals surface area contributed by atoms with Crippen LogP contribution in [0.15, 0.2) is 17.0 Å². The fraction of sp³-hybridized carbons (Fsp3) is 0.500. The SMILES string of the molecule is Cc1c(N)cc(Cl)cc1S(=O)(=O)N(C)C1CCSC1. The first-order chi connectivity index (χ1) is 8.84. The molecule has 106 valence electrons. The summed E-state index contributed by atoms with van der Waals surface area (Å²) in [6.07, 6.45) is 0.884. The maximum absolute atomic E-state index is 12.6. The first-order valence-corrected chi connectivity index (χ1v) is 8.92. The summed E-state index contributed by atoms with van der Waals surface area (Å²) in [5.74, 6) is 1.84. The molecule has 2 N–H and O–H groups in total. The Balaban J connectivity index is 2.44. The molecule has 1 heterocycles. The van der Waals surface area contributed by atoms with Gasteiger partial charge in [0.1, 0.15) is 0 Å². The number of hydrogen-bond donors (Lipinski definition) is 1. The molecule has 4 nitrogen and oxygen atoms in total. The van der Waals surface area contributed by atoms with Crippen molar-refractivity contribution in [2.75, 3.05) is 24.3 Å². The van der Waals surface area contributed by atoms with Crippen molar-refractivity contribution in [1.29, 1.82) is 0 Å². The van der Waals surface area contributed by atoms with E-state index in [0.717, 1.165) is 17.9 Å². The number of nitrogens with two attached hydrogens (primary N) is 1. The molecule has 1 atom stereocenters. The Kier molecular flexibility index (Phi) is 4.35. The van der Waals surface area contributed by atoms with Crippen LogP contribution < -0.4 is 5.73 Å². The summed E-state index contributed by atoms with van der Waals surface area (Å²) in [5, 5.41) is 0.343. The average molecular weight is 321 g/mol. The number of benzene rings is 1. The van der Waals surface area contributed by atoms with E-state index in [2.05, 4.69) is 0 Å². The van der Waals surface area contributed by atoms with Crippen molar-refractivity contribution in [2.45, 2.75) is 24.3 Å². The van der Waals surface area contributed by atoms with Gasteiger partial charge in [0, 0.05) is 29.6 Å². The van der Waals surface area contributed by atoms with Gasteiger partial charge in [-0.2, -0.15) is 16.1 Å². The van der Waals surface area contributed by atoms with Crippen molar-refractivity contribution < 1.29 is 8.42 Å². The monoisotopic (exact) mass is 320 g/mol. The summed E-state index contributed by atoms with van der Waals surface area (Å²) in [5.41, 5.74) is 6.76. The van der Waals surface area contributed by atoms with Gasteiger partial charge in [-0.3, -0.25) is 0 Å². The Morgan fingerprint density at radius 2 is 2.16 bits per heavy atom. The lowest BCUT2D eigenvalue weighted by Crippen LogP contribution is -2.37. The fourth-order valence-electron chi connectivity index (χ4n) is 2.10. The normalized spacial score (nSPS) is 20.1. The highest BCUT2D eigenvalue weighted by atomic mass is 35.5. The van der Waals surface area contributed by atoms with Crippen LogP contribution in [0.25, 0.3) is 0 Å². The van der Waals surface area contributed by atoms with Crippen molar-refractivity contribution >= 4 is 39.1 Å². The highest BCUT2D eigenvalue weighted by Crippen LogP contribution is 2.31. The van der Waals surface area contributed by atoms with Gasteiger partial charge in [-0.05, 0) is 36.8 Å². The van der Waals surface area contributed by atoms with E-state index in [-0.39, 0.29) is 10.9 Å². The highest BCUT2D eigenvalue weighted by molar-refractivity contribution is 7.99. The molecule has 0 aromatic heterocycles. The number of nitrogens with zero attached hydrogens (tertiary/aromatic N) is 1. The lowest BCUT2D eigenvalue weighted by Gasteiger charge is -2.24. The zero-order valence-electron chi connectivity index (χ0n) is 10.9. The number of thioether (sulfide) groups is 1. The van der Waals surface area contributed by atoms with E-state index in [4.69, 9.17) is 17.3 Å². The third-order valence-electron chi connectivity index (χ3n) is 3.44. The molecule has 7 heteroatoms. The maximum Gasteiger partial charge on any atom is 0.243 e. The van der Waals surface area contributed by atoms with Gasteiger partial charge < -0.3 is 5.73 Å². The summed E-state index contributed by atoms with van der Waals surface area (Å²) < 4.78 is 26.7. The van der Waals surface area contributed by atoms with Crippen LogP contribution in [0.1, 0.15) is 12.0 Å². The molecule has 1 unspecified atom stereocenters. The van der Waals surface area contributed by atoms with E-state index in [1.54, 1.807) is 31.8 Å². The van der Waals surface area contributed by atoms with Crippen LogP contribution in [0.2, 0.25) is 5.02 Å². The molecule has 1 aromatic rings. The topological polar surface area (TPSA) is 63.4 Å². The van der Waals surface area contributed by atoms with E-state index in [1.807, 2.05) is 0 Å². The Morgan fingerprint density at radius 3 is 2.74 bits per heavy atom. The fourth-order valence-corrected chi connectivity index (χ4v) is 5.42. The summed E-state index contributed by atoms with van der Waals surface area (Å²) in [7, 11) is -1.92. The molecular weight excluding hydrogens is 304 g/mol. The lowest BCUT2D eigenvalue weighted by atomic mass is 10.2. The lowest BCUT2D eigenvalue weighted by molar-refractivity contribution is 0.394. The molecule has 0 amide bonds.